The molecule has 0 unspecified atom stereocenters. The monoisotopic (exact) mass is 410 g/mol. The van der Waals surface area contributed by atoms with Gasteiger partial charge >= 0.3 is 0 Å². The fourth-order valence-corrected chi connectivity index (χ4v) is 5.25. The molecule has 0 aliphatic rings. The number of benzene rings is 6. The number of fused-ring (bicyclic) bond motifs is 5. The third-order valence-electron chi connectivity index (χ3n) is 6.80. The van der Waals surface area contributed by atoms with Crippen LogP contribution in [0, 0.1) is 27.7 Å². The lowest BCUT2D eigenvalue weighted by molar-refractivity contribution is 1.49. The second-order valence-electron chi connectivity index (χ2n) is 9.40. The van der Waals surface area contributed by atoms with Crippen LogP contribution in [0.3, 0.4) is 0 Å². The molecule has 0 aliphatic heterocycles. The van der Waals surface area contributed by atoms with Crippen LogP contribution in [-0.2, 0) is 0 Å². The van der Waals surface area contributed by atoms with Crippen LogP contribution in [0.25, 0.3) is 54.2 Å². The minimum absolute atomic E-state index is 1.29. The lowest BCUT2D eigenvalue weighted by Crippen LogP contribution is -1.91. The van der Waals surface area contributed by atoms with Gasteiger partial charge in [-0.25, -0.2) is 0 Å². The smallest absolute Gasteiger partial charge is 0.00203 e. The van der Waals surface area contributed by atoms with E-state index in [2.05, 4.69) is 113 Å². The normalized spacial score (nSPS) is 11.8. The summed E-state index contributed by atoms with van der Waals surface area (Å²) >= 11 is 0. The van der Waals surface area contributed by atoms with Crippen LogP contribution < -0.4 is 0 Å². The number of aryl methyl sites for hydroxylation is 4. The quantitative estimate of drug-likeness (QED) is 0.187. The Balaban J connectivity index is 1.89. The summed E-state index contributed by atoms with van der Waals surface area (Å²) in [7, 11) is 0. The summed E-state index contributed by atoms with van der Waals surface area (Å²) in [6.07, 6.45) is 0. The predicted octanol–water partition coefficient (Wildman–Crippen LogP) is 9.20. The first kappa shape index (κ1) is 19.1. The van der Waals surface area contributed by atoms with Gasteiger partial charge in [-0.05, 0) is 94.0 Å². The fourth-order valence-electron chi connectivity index (χ4n) is 5.25. The van der Waals surface area contributed by atoms with Gasteiger partial charge in [0.1, 0.15) is 0 Å². The first-order valence-electron chi connectivity index (χ1n) is 11.4. The van der Waals surface area contributed by atoms with Crippen molar-refractivity contribution < 1.29 is 0 Å². The van der Waals surface area contributed by atoms with Crippen molar-refractivity contribution >= 4 is 43.1 Å². The van der Waals surface area contributed by atoms with Crippen molar-refractivity contribution in [3.63, 3.8) is 0 Å². The molecule has 0 N–H and O–H groups in total. The molecule has 0 heteroatoms. The Hall–Kier alpha value is -3.64. The Morgan fingerprint density at radius 3 is 1.59 bits per heavy atom. The largest absolute Gasteiger partial charge is 0.0587 e. The van der Waals surface area contributed by atoms with E-state index in [1.807, 2.05) is 0 Å². The van der Waals surface area contributed by atoms with E-state index in [1.54, 1.807) is 0 Å². The molecule has 0 heterocycles. The SMILES string of the molecule is Cc1ccc2c(-c3cc4cc(C)ccc4c4ccc(C)cc34)c3cc(C)ccc3cc2c1. The van der Waals surface area contributed by atoms with Gasteiger partial charge in [0.05, 0.1) is 0 Å². The second kappa shape index (κ2) is 6.93. The minimum Gasteiger partial charge on any atom is -0.0587 e. The lowest BCUT2D eigenvalue weighted by Gasteiger charge is -2.17. The van der Waals surface area contributed by atoms with Gasteiger partial charge in [0.25, 0.3) is 0 Å². The molecule has 0 saturated heterocycles. The Morgan fingerprint density at radius 2 is 0.875 bits per heavy atom. The van der Waals surface area contributed by atoms with Crippen molar-refractivity contribution in [3.8, 4) is 11.1 Å². The molecule has 0 fully saturated rings. The average molecular weight is 411 g/mol. The molecule has 0 amide bonds. The Kier molecular flexibility index (Phi) is 4.13. The zero-order valence-corrected chi connectivity index (χ0v) is 19.1. The standard InChI is InChI=1S/C32H26/c1-19-6-10-26-25(14-19)18-31(30-16-22(4)8-12-28(26)30)32-27-11-7-20(2)13-24(27)17-23-9-5-21(3)15-29(23)32/h5-18H,1-4H3. The Labute approximate surface area is 189 Å². The van der Waals surface area contributed by atoms with Gasteiger partial charge < -0.3 is 0 Å². The lowest BCUT2D eigenvalue weighted by atomic mass is 9.86. The third kappa shape index (κ3) is 2.91. The number of hydrogen-bond acceptors (Lipinski definition) is 0. The highest BCUT2D eigenvalue weighted by Gasteiger charge is 2.15. The highest BCUT2D eigenvalue weighted by molar-refractivity contribution is 6.21. The Bertz CT molecular complexity index is 1700. The molecule has 0 nitrogen and oxygen atoms in total. The zero-order chi connectivity index (χ0) is 22.0. The van der Waals surface area contributed by atoms with Crippen molar-refractivity contribution in [1.29, 1.82) is 0 Å². The van der Waals surface area contributed by atoms with E-state index in [9.17, 15) is 0 Å². The van der Waals surface area contributed by atoms with Crippen LogP contribution in [0.5, 0.6) is 0 Å². The molecule has 0 bridgehead atoms. The summed E-state index contributed by atoms with van der Waals surface area (Å²) in [5.41, 5.74) is 7.85. The van der Waals surface area contributed by atoms with Crippen molar-refractivity contribution in [2.45, 2.75) is 27.7 Å². The van der Waals surface area contributed by atoms with E-state index in [4.69, 9.17) is 0 Å². The van der Waals surface area contributed by atoms with Crippen LogP contribution in [0.2, 0.25) is 0 Å². The van der Waals surface area contributed by atoms with Gasteiger partial charge in [-0.2, -0.15) is 0 Å². The van der Waals surface area contributed by atoms with Gasteiger partial charge in [-0.15, -0.1) is 0 Å². The maximum Gasteiger partial charge on any atom is -0.00203 e. The maximum absolute atomic E-state index is 2.42. The van der Waals surface area contributed by atoms with Gasteiger partial charge in [-0.3, -0.25) is 0 Å². The summed E-state index contributed by atoms with van der Waals surface area (Å²) < 4.78 is 0. The molecule has 0 radical (unpaired) electrons. The van der Waals surface area contributed by atoms with Gasteiger partial charge in [0.15, 0.2) is 0 Å². The van der Waals surface area contributed by atoms with Crippen molar-refractivity contribution in [2.75, 3.05) is 0 Å². The molecule has 6 aromatic rings. The zero-order valence-electron chi connectivity index (χ0n) is 19.1. The van der Waals surface area contributed by atoms with Crippen LogP contribution in [0.1, 0.15) is 22.3 Å². The molecule has 0 aromatic heterocycles. The number of rotatable bonds is 1. The fraction of sp³-hybridized carbons (Fsp3) is 0.125. The van der Waals surface area contributed by atoms with E-state index in [-0.39, 0.29) is 0 Å². The predicted molar refractivity (Wildman–Crippen MR) is 141 cm³/mol. The average Bonchev–Trinajstić information content (AvgIpc) is 2.77. The highest BCUT2D eigenvalue weighted by atomic mass is 14.2. The molecule has 6 rings (SSSR count). The van der Waals surface area contributed by atoms with E-state index in [0.29, 0.717) is 0 Å². The highest BCUT2D eigenvalue weighted by Crippen LogP contribution is 2.43. The minimum atomic E-state index is 1.29. The van der Waals surface area contributed by atoms with Gasteiger partial charge in [0, 0.05) is 0 Å². The van der Waals surface area contributed by atoms with Crippen LogP contribution in [-0.4, -0.2) is 0 Å². The summed E-state index contributed by atoms with van der Waals surface area (Å²) in [5, 5.41) is 10.5. The van der Waals surface area contributed by atoms with Gasteiger partial charge in [-0.1, -0.05) is 95.1 Å². The van der Waals surface area contributed by atoms with E-state index < -0.39 is 0 Å². The van der Waals surface area contributed by atoms with E-state index in [0.717, 1.165) is 0 Å². The Morgan fingerprint density at radius 1 is 0.344 bits per heavy atom. The van der Waals surface area contributed by atoms with Crippen molar-refractivity contribution in [2.24, 2.45) is 0 Å². The molecule has 0 saturated carbocycles. The topological polar surface area (TPSA) is 0 Å². The first-order chi connectivity index (χ1) is 15.5. The molecule has 32 heavy (non-hydrogen) atoms. The summed E-state index contributed by atoms with van der Waals surface area (Å²) in [4.78, 5) is 0. The van der Waals surface area contributed by atoms with Crippen molar-refractivity contribution in [3.05, 3.63) is 107 Å². The van der Waals surface area contributed by atoms with Crippen molar-refractivity contribution in [1.82, 2.24) is 0 Å². The van der Waals surface area contributed by atoms with E-state index >= 15 is 0 Å². The summed E-state index contributed by atoms with van der Waals surface area (Å²) in [5.74, 6) is 0. The third-order valence-corrected chi connectivity index (χ3v) is 6.80. The molecular formula is C32H26. The number of hydrogen-bond donors (Lipinski definition) is 0. The molecule has 154 valence electrons. The van der Waals surface area contributed by atoms with Crippen LogP contribution >= 0.6 is 0 Å². The molecule has 0 aliphatic carbocycles. The maximum atomic E-state index is 2.42. The van der Waals surface area contributed by atoms with Gasteiger partial charge in [0.2, 0.25) is 0 Å². The first-order valence-corrected chi connectivity index (χ1v) is 11.4. The second-order valence-corrected chi connectivity index (χ2v) is 9.40. The summed E-state index contributed by atoms with van der Waals surface area (Å²) in [6, 6.07) is 32.2. The molecular weight excluding hydrogens is 384 g/mol. The van der Waals surface area contributed by atoms with Crippen LogP contribution in [0.15, 0.2) is 84.9 Å². The van der Waals surface area contributed by atoms with E-state index in [1.165, 1.54) is 76.5 Å². The summed E-state index contributed by atoms with van der Waals surface area (Å²) in [6.45, 7) is 8.74. The molecule has 6 aromatic carbocycles. The molecule has 0 spiro atoms. The van der Waals surface area contributed by atoms with Crippen LogP contribution in [0.4, 0.5) is 0 Å². The molecule has 0 atom stereocenters.